The number of thioether (sulfide) groups is 1. The van der Waals surface area contributed by atoms with Crippen molar-refractivity contribution in [1.29, 1.82) is 0 Å². The number of carbonyl (C=O) groups is 2. The molecule has 0 aliphatic heterocycles. The molecule has 0 aliphatic rings. The first-order valence-electron chi connectivity index (χ1n) is 7.87. The van der Waals surface area contributed by atoms with Crippen molar-refractivity contribution in [3.05, 3.63) is 53.7 Å². The topological polar surface area (TPSA) is 102 Å². The van der Waals surface area contributed by atoms with E-state index in [4.69, 9.17) is 4.42 Å². The number of hydrazine groups is 1. The Labute approximate surface area is 158 Å². The lowest BCUT2D eigenvalue weighted by molar-refractivity contribution is -0.119. The molecule has 140 valence electrons. The van der Waals surface area contributed by atoms with Gasteiger partial charge in [0, 0.05) is 7.05 Å². The highest BCUT2D eigenvalue weighted by molar-refractivity contribution is 7.99. The second kappa shape index (κ2) is 8.04. The highest BCUT2D eigenvalue weighted by Crippen LogP contribution is 2.25. The number of nitrogens with zero attached hydrogens (tertiary/aromatic N) is 3. The van der Waals surface area contributed by atoms with Crippen molar-refractivity contribution in [2.45, 2.75) is 12.1 Å². The summed E-state index contributed by atoms with van der Waals surface area (Å²) < 4.78 is 20.5. The first-order valence-corrected chi connectivity index (χ1v) is 8.86. The van der Waals surface area contributed by atoms with Gasteiger partial charge in [-0.2, -0.15) is 0 Å². The Bertz CT molecular complexity index is 985. The van der Waals surface area contributed by atoms with E-state index in [0.29, 0.717) is 11.0 Å². The summed E-state index contributed by atoms with van der Waals surface area (Å²) in [6, 6.07) is 7.29. The van der Waals surface area contributed by atoms with E-state index in [1.165, 1.54) is 24.3 Å². The lowest BCUT2D eigenvalue weighted by Crippen LogP contribution is -2.42. The molecule has 1 aromatic carbocycles. The van der Waals surface area contributed by atoms with Gasteiger partial charge in [0.1, 0.15) is 11.6 Å². The van der Waals surface area contributed by atoms with E-state index in [1.54, 1.807) is 23.9 Å². The molecular formula is C17H16FN5O3S. The number of carbonyl (C=O) groups excluding carboxylic acids is 2. The molecule has 27 heavy (non-hydrogen) atoms. The van der Waals surface area contributed by atoms with Gasteiger partial charge in [-0.3, -0.25) is 20.4 Å². The van der Waals surface area contributed by atoms with Crippen LogP contribution in [0.15, 0.2) is 46.2 Å². The van der Waals surface area contributed by atoms with Crippen LogP contribution in [-0.4, -0.2) is 32.3 Å². The number of aryl methyl sites for hydroxylation is 1. The van der Waals surface area contributed by atoms with Gasteiger partial charge >= 0.3 is 0 Å². The smallest absolute Gasteiger partial charge is 0.272 e. The maximum atomic E-state index is 13.5. The molecule has 0 unspecified atom stereocenters. The number of hydrogen-bond acceptors (Lipinski definition) is 6. The molecule has 3 aromatic rings. The Balaban J connectivity index is 1.54. The summed E-state index contributed by atoms with van der Waals surface area (Å²) in [6.45, 7) is 1.82. The van der Waals surface area contributed by atoms with Crippen molar-refractivity contribution in [2.75, 3.05) is 5.75 Å². The minimum Gasteiger partial charge on any atom is -0.469 e. The Kier molecular flexibility index (Phi) is 5.55. The van der Waals surface area contributed by atoms with E-state index in [0.717, 1.165) is 23.1 Å². The van der Waals surface area contributed by atoms with E-state index < -0.39 is 17.6 Å². The molecule has 0 radical (unpaired) electrons. The van der Waals surface area contributed by atoms with Gasteiger partial charge < -0.3 is 8.98 Å². The normalized spacial score (nSPS) is 10.6. The predicted molar refractivity (Wildman–Crippen MR) is 96.2 cm³/mol. The Morgan fingerprint density at radius 1 is 1.22 bits per heavy atom. The molecular weight excluding hydrogens is 373 g/mol. The number of hydrogen-bond donors (Lipinski definition) is 2. The van der Waals surface area contributed by atoms with Gasteiger partial charge in [-0.1, -0.05) is 23.9 Å². The number of furan rings is 1. The maximum Gasteiger partial charge on any atom is 0.272 e. The molecule has 2 amide bonds. The first kappa shape index (κ1) is 18.6. The SMILES string of the molecule is Cc1occc1-c1nnc(SCC(=O)NNC(=O)c2ccccc2F)n1C. The fraction of sp³-hybridized carbons (Fsp3) is 0.176. The third-order valence-corrected chi connectivity index (χ3v) is 4.72. The van der Waals surface area contributed by atoms with Gasteiger partial charge in [0.2, 0.25) is 5.91 Å². The molecule has 0 spiro atoms. The number of halogens is 1. The van der Waals surface area contributed by atoms with Crippen LogP contribution >= 0.6 is 11.8 Å². The maximum absolute atomic E-state index is 13.5. The van der Waals surface area contributed by atoms with Crippen LogP contribution in [0.1, 0.15) is 16.1 Å². The third-order valence-electron chi connectivity index (χ3n) is 3.70. The highest BCUT2D eigenvalue weighted by atomic mass is 32.2. The molecule has 2 aromatic heterocycles. The zero-order chi connectivity index (χ0) is 19.4. The molecule has 2 N–H and O–H groups in total. The van der Waals surface area contributed by atoms with Crippen LogP contribution in [0.4, 0.5) is 4.39 Å². The lowest BCUT2D eigenvalue weighted by Gasteiger charge is -2.08. The zero-order valence-corrected chi connectivity index (χ0v) is 15.3. The van der Waals surface area contributed by atoms with Crippen molar-refractivity contribution in [3.63, 3.8) is 0 Å². The van der Waals surface area contributed by atoms with Crippen LogP contribution in [0, 0.1) is 12.7 Å². The summed E-state index contributed by atoms with van der Waals surface area (Å²) in [7, 11) is 1.78. The van der Waals surface area contributed by atoms with E-state index in [9.17, 15) is 14.0 Å². The van der Waals surface area contributed by atoms with E-state index >= 15 is 0 Å². The average molecular weight is 389 g/mol. The van der Waals surface area contributed by atoms with E-state index in [-0.39, 0.29) is 11.3 Å². The molecule has 10 heteroatoms. The largest absolute Gasteiger partial charge is 0.469 e. The fourth-order valence-electron chi connectivity index (χ4n) is 2.30. The van der Waals surface area contributed by atoms with Crippen LogP contribution in [0.25, 0.3) is 11.4 Å². The molecule has 0 bridgehead atoms. The second-order valence-electron chi connectivity index (χ2n) is 5.53. The molecule has 8 nitrogen and oxygen atoms in total. The van der Waals surface area contributed by atoms with E-state index in [2.05, 4.69) is 21.0 Å². The molecule has 0 atom stereocenters. The summed E-state index contributed by atoms with van der Waals surface area (Å²) in [5, 5.41) is 8.69. The molecule has 0 fully saturated rings. The predicted octanol–water partition coefficient (Wildman–Crippen LogP) is 2.08. The average Bonchev–Trinajstić information content (AvgIpc) is 3.23. The van der Waals surface area contributed by atoms with Crippen molar-refractivity contribution >= 4 is 23.6 Å². The van der Waals surface area contributed by atoms with Crippen LogP contribution in [0.5, 0.6) is 0 Å². The van der Waals surface area contributed by atoms with Crippen LogP contribution in [0.2, 0.25) is 0 Å². The molecule has 0 aliphatic carbocycles. The second-order valence-corrected chi connectivity index (χ2v) is 6.47. The zero-order valence-electron chi connectivity index (χ0n) is 14.5. The molecule has 0 saturated carbocycles. The van der Waals surface area contributed by atoms with E-state index in [1.807, 2.05) is 6.92 Å². The van der Waals surface area contributed by atoms with Gasteiger partial charge in [-0.15, -0.1) is 10.2 Å². The Hall–Kier alpha value is -3.14. The standard InChI is InChI=1S/C17H16FN5O3S/c1-10-11(7-8-26-10)15-20-22-17(23(15)2)27-9-14(24)19-21-16(25)12-5-3-4-6-13(12)18/h3-8H,9H2,1-2H3,(H,19,24)(H,21,25). The van der Waals surface area contributed by atoms with Crippen LogP contribution in [-0.2, 0) is 11.8 Å². The van der Waals surface area contributed by atoms with Gasteiger partial charge in [0.25, 0.3) is 5.91 Å². The summed E-state index contributed by atoms with van der Waals surface area (Å²) in [5.41, 5.74) is 5.09. The monoisotopic (exact) mass is 389 g/mol. The highest BCUT2D eigenvalue weighted by Gasteiger charge is 2.16. The van der Waals surface area contributed by atoms with Gasteiger partial charge in [0.15, 0.2) is 11.0 Å². The molecule has 0 saturated heterocycles. The number of benzene rings is 1. The Morgan fingerprint density at radius 3 is 2.70 bits per heavy atom. The lowest BCUT2D eigenvalue weighted by atomic mass is 10.2. The van der Waals surface area contributed by atoms with Gasteiger partial charge in [-0.25, -0.2) is 4.39 Å². The molecule has 3 rings (SSSR count). The third kappa shape index (κ3) is 4.17. The summed E-state index contributed by atoms with van der Waals surface area (Å²) >= 11 is 1.15. The minimum absolute atomic E-state index is 0.00606. The van der Waals surface area contributed by atoms with Crippen molar-refractivity contribution < 1.29 is 18.4 Å². The Morgan fingerprint density at radius 2 is 2.00 bits per heavy atom. The summed E-state index contributed by atoms with van der Waals surface area (Å²) in [6.07, 6.45) is 1.57. The quantitative estimate of drug-likeness (QED) is 0.512. The van der Waals surface area contributed by atoms with Crippen molar-refractivity contribution in [1.82, 2.24) is 25.6 Å². The van der Waals surface area contributed by atoms with Crippen molar-refractivity contribution in [3.8, 4) is 11.4 Å². The number of rotatable bonds is 5. The summed E-state index contributed by atoms with van der Waals surface area (Å²) in [4.78, 5) is 23.8. The van der Waals surface area contributed by atoms with Crippen LogP contribution < -0.4 is 10.9 Å². The first-order chi connectivity index (χ1) is 13.0. The number of nitrogens with one attached hydrogen (secondary N) is 2. The summed E-state index contributed by atoms with van der Waals surface area (Å²) in [5.74, 6) is -0.530. The number of amides is 2. The number of aromatic nitrogens is 3. The fourth-order valence-corrected chi connectivity index (χ4v) is 3.01. The minimum atomic E-state index is -0.733. The van der Waals surface area contributed by atoms with Crippen LogP contribution in [0.3, 0.4) is 0 Å². The molecule has 2 heterocycles. The van der Waals surface area contributed by atoms with Gasteiger partial charge in [-0.05, 0) is 25.1 Å². The van der Waals surface area contributed by atoms with Gasteiger partial charge in [0.05, 0.1) is 23.1 Å². The van der Waals surface area contributed by atoms with Crippen molar-refractivity contribution in [2.24, 2.45) is 7.05 Å².